The largest absolute Gasteiger partial charge is 0.354 e. The lowest BCUT2D eigenvalue weighted by molar-refractivity contribution is 0.0605. The van der Waals surface area contributed by atoms with Crippen LogP contribution in [-0.2, 0) is 0 Å². The number of likely N-dealkylation sites (tertiary alicyclic amines) is 1. The monoisotopic (exact) mass is 378 g/mol. The number of piperazine rings is 1. The van der Waals surface area contributed by atoms with Gasteiger partial charge in [-0.3, -0.25) is 4.79 Å². The lowest BCUT2D eigenvalue weighted by atomic mass is 9.94. The number of carbonyl (C=O) groups is 1. The molecule has 148 valence electrons. The van der Waals surface area contributed by atoms with Gasteiger partial charge in [0.25, 0.3) is 5.91 Å². The molecule has 0 N–H and O–H groups in total. The van der Waals surface area contributed by atoms with Gasteiger partial charge < -0.3 is 14.7 Å². The SMILES string of the molecule is Cc1cccc(C2CCCCN2C(=O)c2cccc(N3CCN(C)CC3)n2)c1. The van der Waals surface area contributed by atoms with Crippen molar-refractivity contribution >= 4 is 11.7 Å². The molecule has 0 radical (unpaired) electrons. The normalized spacial score (nSPS) is 21.0. The molecule has 2 aromatic rings. The van der Waals surface area contributed by atoms with Gasteiger partial charge in [-0.05, 0) is 50.9 Å². The van der Waals surface area contributed by atoms with Crippen molar-refractivity contribution < 1.29 is 4.79 Å². The van der Waals surface area contributed by atoms with Crippen molar-refractivity contribution in [1.82, 2.24) is 14.8 Å². The Kier molecular flexibility index (Phi) is 5.62. The van der Waals surface area contributed by atoms with Crippen LogP contribution in [0.3, 0.4) is 0 Å². The third kappa shape index (κ3) is 4.04. The van der Waals surface area contributed by atoms with Crippen LogP contribution in [0.5, 0.6) is 0 Å². The molecule has 1 atom stereocenters. The number of hydrogen-bond donors (Lipinski definition) is 0. The second-order valence-electron chi connectivity index (χ2n) is 8.10. The van der Waals surface area contributed by atoms with Gasteiger partial charge in [-0.2, -0.15) is 0 Å². The first-order valence-electron chi connectivity index (χ1n) is 10.4. The van der Waals surface area contributed by atoms with Crippen LogP contribution >= 0.6 is 0 Å². The molecule has 0 saturated carbocycles. The molecular formula is C23H30N4O. The molecule has 1 unspecified atom stereocenters. The van der Waals surface area contributed by atoms with Crippen molar-refractivity contribution in [2.24, 2.45) is 0 Å². The summed E-state index contributed by atoms with van der Waals surface area (Å²) in [6, 6.07) is 14.6. The summed E-state index contributed by atoms with van der Waals surface area (Å²) in [7, 11) is 2.15. The highest BCUT2D eigenvalue weighted by molar-refractivity contribution is 5.93. The van der Waals surface area contributed by atoms with Crippen LogP contribution in [-0.4, -0.2) is 60.5 Å². The molecule has 0 aliphatic carbocycles. The Hall–Kier alpha value is -2.40. The first-order valence-corrected chi connectivity index (χ1v) is 10.4. The van der Waals surface area contributed by atoms with Gasteiger partial charge in [-0.1, -0.05) is 35.9 Å². The number of aromatic nitrogens is 1. The molecule has 5 heteroatoms. The number of hydrogen-bond acceptors (Lipinski definition) is 4. The molecule has 2 aliphatic heterocycles. The van der Waals surface area contributed by atoms with E-state index in [9.17, 15) is 4.79 Å². The van der Waals surface area contributed by atoms with Gasteiger partial charge >= 0.3 is 0 Å². The van der Waals surface area contributed by atoms with E-state index in [0.717, 1.165) is 57.8 Å². The van der Waals surface area contributed by atoms with Gasteiger partial charge in [0.2, 0.25) is 0 Å². The molecule has 4 rings (SSSR count). The molecule has 1 amide bonds. The van der Waals surface area contributed by atoms with E-state index in [4.69, 9.17) is 4.98 Å². The molecule has 0 bridgehead atoms. The summed E-state index contributed by atoms with van der Waals surface area (Å²) >= 11 is 0. The number of rotatable bonds is 3. The van der Waals surface area contributed by atoms with Gasteiger partial charge in [-0.15, -0.1) is 0 Å². The van der Waals surface area contributed by atoms with E-state index in [2.05, 4.69) is 48.0 Å². The Balaban J connectivity index is 1.56. The Bertz CT molecular complexity index is 829. The molecule has 0 spiro atoms. The van der Waals surface area contributed by atoms with E-state index in [-0.39, 0.29) is 11.9 Å². The minimum Gasteiger partial charge on any atom is -0.354 e. The molecule has 2 saturated heterocycles. The number of carbonyl (C=O) groups excluding carboxylic acids is 1. The number of nitrogens with zero attached hydrogens (tertiary/aromatic N) is 4. The summed E-state index contributed by atoms with van der Waals surface area (Å²) in [6.07, 6.45) is 3.25. The standard InChI is InChI=1S/C23H30N4O/c1-18-7-5-8-19(17-18)21-10-3-4-12-27(21)23(28)20-9-6-11-22(24-20)26-15-13-25(2)14-16-26/h5-9,11,17,21H,3-4,10,12-16H2,1-2H3. The van der Waals surface area contributed by atoms with Gasteiger partial charge in [0.05, 0.1) is 6.04 Å². The van der Waals surface area contributed by atoms with Crippen LogP contribution in [0.25, 0.3) is 0 Å². The fraction of sp³-hybridized carbons (Fsp3) is 0.478. The van der Waals surface area contributed by atoms with E-state index in [1.807, 2.05) is 23.1 Å². The van der Waals surface area contributed by atoms with E-state index in [0.29, 0.717) is 5.69 Å². The fourth-order valence-electron chi connectivity index (χ4n) is 4.30. The second-order valence-corrected chi connectivity index (χ2v) is 8.10. The highest BCUT2D eigenvalue weighted by atomic mass is 16.2. The molecule has 1 aromatic carbocycles. The molecule has 1 aromatic heterocycles. The maximum absolute atomic E-state index is 13.4. The zero-order chi connectivity index (χ0) is 19.5. The van der Waals surface area contributed by atoms with Crippen molar-refractivity contribution in [3.05, 3.63) is 59.3 Å². The summed E-state index contributed by atoms with van der Waals surface area (Å²) < 4.78 is 0. The smallest absolute Gasteiger partial charge is 0.273 e. The molecule has 2 aliphatic rings. The van der Waals surface area contributed by atoms with Gasteiger partial charge in [-0.25, -0.2) is 4.98 Å². The number of anilines is 1. The maximum atomic E-state index is 13.4. The lowest BCUT2D eigenvalue weighted by Crippen LogP contribution is -2.45. The van der Waals surface area contributed by atoms with Gasteiger partial charge in [0.15, 0.2) is 0 Å². The summed E-state index contributed by atoms with van der Waals surface area (Å²) in [5.74, 6) is 0.977. The minimum absolute atomic E-state index is 0.0576. The first-order chi connectivity index (χ1) is 13.6. The van der Waals surface area contributed by atoms with Crippen LogP contribution in [0.1, 0.15) is 46.9 Å². The fourth-order valence-corrected chi connectivity index (χ4v) is 4.30. The molecule has 2 fully saturated rings. The van der Waals surface area contributed by atoms with Gasteiger partial charge in [0.1, 0.15) is 11.5 Å². The predicted octanol–water partition coefficient (Wildman–Crippen LogP) is 3.51. The average Bonchev–Trinajstić information content (AvgIpc) is 2.74. The number of aryl methyl sites for hydroxylation is 1. The molecule has 5 nitrogen and oxygen atoms in total. The average molecular weight is 379 g/mol. The number of amides is 1. The molecular weight excluding hydrogens is 348 g/mol. The minimum atomic E-state index is 0.0576. The molecule has 28 heavy (non-hydrogen) atoms. The first kappa shape index (κ1) is 18.9. The van der Waals surface area contributed by atoms with E-state index in [1.165, 1.54) is 11.1 Å². The Morgan fingerprint density at radius 1 is 1.00 bits per heavy atom. The molecule has 3 heterocycles. The highest BCUT2D eigenvalue weighted by Crippen LogP contribution is 2.32. The van der Waals surface area contributed by atoms with Crippen LogP contribution in [0, 0.1) is 6.92 Å². The number of likely N-dealkylation sites (N-methyl/N-ethyl adjacent to an activating group) is 1. The number of benzene rings is 1. The lowest BCUT2D eigenvalue weighted by Gasteiger charge is -2.36. The predicted molar refractivity (Wildman–Crippen MR) is 113 cm³/mol. The Morgan fingerprint density at radius 3 is 2.57 bits per heavy atom. The van der Waals surface area contributed by atoms with Crippen LogP contribution < -0.4 is 4.90 Å². The second kappa shape index (κ2) is 8.31. The van der Waals surface area contributed by atoms with Crippen molar-refractivity contribution in [3.8, 4) is 0 Å². The van der Waals surface area contributed by atoms with Crippen LogP contribution in [0.15, 0.2) is 42.5 Å². The van der Waals surface area contributed by atoms with Crippen LogP contribution in [0.2, 0.25) is 0 Å². The highest BCUT2D eigenvalue weighted by Gasteiger charge is 2.29. The zero-order valence-corrected chi connectivity index (χ0v) is 17.0. The third-order valence-electron chi connectivity index (χ3n) is 5.97. The quantitative estimate of drug-likeness (QED) is 0.819. The van der Waals surface area contributed by atoms with E-state index >= 15 is 0 Å². The third-order valence-corrected chi connectivity index (χ3v) is 5.97. The van der Waals surface area contributed by atoms with Crippen molar-refractivity contribution in [3.63, 3.8) is 0 Å². The maximum Gasteiger partial charge on any atom is 0.273 e. The Labute approximate surface area is 168 Å². The summed E-state index contributed by atoms with van der Waals surface area (Å²) in [4.78, 5) is 24.8. The topological polar surface area (TPSA) is 39.7 Å². The zero-order valence-electron chi connectivity index (χ0n) is 17.0. The van der Waals surface area contributed by atoms with Crippen molar-refractivity contribution in [2.75, 3.05) is 44.7 Å². The van der Waals surface area contributed by atoms with E-state index in [1.54, 1.807) is 0 Å². The van der Waals surface area contributed by atoms with E-state index < -0.39 is 0 Å². The van der Waals surface area contributed by atoms with Gasteiger partial charge in [0, 0.05) is 32.7 Å². The Morgan fingerprint density at radius 2 is 1.79 bits per heavy atom. The number of piperidine rings is 1. The summed E-state index contributed by atoms with van der Waals surface area (Å²) in [6.45, 7) is 6.88. The van der Waals surface area contributed by atoms with Crippen molar-refractivity contribution in [1.29, 1.82) is 0 Å². The van der Waals surface area contributed by atoms with Crippen LogP contribution in [0.4, 0.5) is 5.82 Å². The van der Waals surface area contributed by atoms with Crippen molar-refractivity contribution in [2.45, 2.75) is 32.2 Å². The summed E-state index contributed by atoms with van der Waals surface area (Å²) in [5, 5.41) is 0. The summed E-state index contributed by atoms with van der Waals surface area (Å²) in [5.41, 5.74) is 3.05. The number of pyridine rings is 1.